The molecule has 6 nitrogen and oxygen atoms in total. The highest BCUT2D eigenvalue weighted by atomic mass is 32.2. The minimum atomic E-state index is -4.09. The fourth-order valence-corrected chi connectivity index (χ4v) is 5.90. The molecule has 0 unspecified atom stereocenters. The quantitative estimate of drug-likeness (QED) is 0.283. The van der Waals surface area contributed by atoms with Crippen molar-refractivity contribution in [3.05, 3.63) is 108 Å². The second-order valence-electron chi connectivity index (χ2n) is 8.50. The van der Waals surface area contributed by atoms with Crippen LogP contribution in [0.3, 0.4) is 0 Å². The number of benzene rings is 3. The molecule has 0 atom stereocenters. The lowest BCUT2D eigenvalue weighted by Crippen LogP contribution is -2.27. The van der Waals surface area contributed by atoms with E-state index in [1.54, 1.807) is 50.5 Å². The van der Waals surface area contributed by atoms with Gasteiger partial charge < -0.3 is 0 Å². The van der Waals surface area contributed by atoms with Gasteiger partial charge in [0, 0.05) is 41.0 Å². The summed E-state index contributed by atoms with van der Waals surface area (Å²) in [6.07, 6.45) is 3.00. The normalized spacial score (nSPS) is 12.2. The molecule has 36 heavy (non-hydrogen) atoms. The number of ketones is 1. The number of carbonyl (C=O) groups excluding carboxylic acids is 1. The van der Waals surface area contributed by atoms with Crippen molar-refractivity contribution in [2.24, 2.45) is 7.05 Å². The van der Waals surface area contributed by atoms with Crippen molar-refractivity contribution < 1.29 is 22.0 Å². The summed E-state index contributed by atoms with van der Waals surface area (Å²) >= 11 is 0. The van der Waals surface area contributed by atoms with Gasteiger partial charge in [-0.2, -0.15) is 13.9 Å². The third-order valence-electron chi connectivity index (χ3n) is 6.03. The number of fused-ring (bicyclic) bond motifs is 1. The predicted molar refractivity (Wildman–Crippen MR) is 133 cm³/mol. The van der Waals surface area contributed by atoms with Crippen LogP contribution >= 0.6 is 0 Å². The molecule has 0 bridgehead atoms. The number of aromatic nitrogens is 3. The molecule has 0 aliphatic carbocycles. The fourth-order valence-electron chi connectivity index (χ4n) is 4.34. The number of rotatable bonds is 6. The molecule has 3 aromatic carbocycles. The number of Topliss-reactive ketones (excluding diaryl/α,β-unsaturated/α-hetero) is 1. The van der Waals surface area contributed by atoms with Crippen molar-refractivity contribution in [3.8, 4) is 11.1 Å². The number of aryl methyl sites for hydroxylation is 2. The van der Waals surface area contributed by atoms with Gasteiger partial charge >= 0.3 is 5.92 Å². The summed E-state index contributed by atoms with van der Waals surface area (Å²) in [5.41, 5.74) is 0.133. The van der Waals surface area contributed by atoms with Gasteiger partial charge in [-0.25, -0.2) is 12.4 Å². The summed E-state index contributed by atoms with van der Waals surface area (Å²) in [7, 11) is -2.44. The minimum Gasteiger partial charge on any atom is -0.287 e. The van der Waals surface area contributed by atoms with Crippen LogP contribution in [0.5, 0.6) is 0 Å². The summed E-state index contributed by atoms with van der Waals surface area (Å²) < 4.78 is 61.4. The molecule has 0 radical (unpaired) electrons. The Balaban J connectivity index is 1.80. The lowest BCUT2D eigenvalue weighted by atomic mass is 9.91. The molecule has 0 N–H and O–H groups in total. The molecule has 0 aliphatic heterocycles. The number of hydrogen-bond donors (Lipinski definition) is 0. The smallest absolute Gasteiger partial charge is 0.287 e. The predicted octanol–water partition coefficient (Wildman–Crippen LogP) is 5.56. The Labute approximate surface area is 206 Å². The van der Waals surface area contributed by atoms with E-state index in [4.69, 9.17) is 0 Å². The van der Waals surface area contributed by atoms with E-state index < -0.39 is 27.3 Å². The molecule has 0 saturated carbocycles. The second kappa shape index (κ2) is 8.53. The van der Waals surface area contributed by atoms with E-state index in [9.17, 15) is 13.2 Å². The molecule has 0 saturated heterocycles. The molecule has 2 heterocycles. The molecule has 0 fully saturated rings. The van der Waals surface area contributed by atoms with E-state index >= 15 is 8.78 Å². The third kappa shape index (κ3) is 3.81. The summed E-state index contributed by atoms with van der Waals surface area (Å²) in [6.45, 7) is 1.59. The van der Waals surface area contributed by atoms with Crippen LogP contribution < -0.4 is 0 Å². The van der Waals surface area contributed by atoms with Crippen molar-refractivity contribution in [1.82, 2.24) is 13.8 Å². The van der Waals surface area contributed by atoms with E-state index in [1.165, 1.54) is 53.3 Å². The Kier molecular flexibility index (Phi) is 5.60. The number of nitrogens with zero attached hydrogens (tertiary/aromatic N) is 3. The first kappa shape index (κ1) is 23.6. The van der Waals surface area contributed by atoms with Crippen molar-refractivity contribution in [2.75, 3.05) is 0 Å². The largest absolute Gasteiger partial charge is 0.335 e. The zero-order valence-electron chi connectivity index (χ0n) is 19.4. The average Bonchev–Trinajstić information content (AvgIpc) is 3.45. The lowest BCUT2D eigenvalue weighted by Gasteiger charge is -2.20. The van der Waals surface area contributed by atoms with Gasteiger partial charge in [-0.15, -0.1) is 0 Å². The number of carbonyl (C=O) groups is 1. The van der Waals surface area contributed by atoms with Crippen LogP contribution in [0, 0.1) is 6.92 Å². The fraction of sp³-hybridized carbons (Fsp3) is 0.111. The molecule has 2 aromatic heterocycles. The van der Waals surface area contributed by atoms with Crippen LogP contribution in [0.4, 0.5) is 8.78 Å². The SMILES string of the molecule is Cc1cc2cc(-c3cnn(C)c3)c(C(F)(F)C(=O)c3ccccc3)cc2n1S(=O)(=O)c1ccccc1. The number of halogens is 2. The van der Waals surface area contributed by atoms with Crippen LogP contribution in [0.25, 0.3) is 22.0 Å². The maximum Gasteiger partial charge on any atom is 0.335 e. The van der Waals surface area contributed by atoms with Crippen LogP contribution in [-0.4, -0.2) is 28.0 Å². The number of alkyl halides is 2. The monoisotopic (exact) mass is 505 g/mol. The van der Waals surface area contributed by atoms with Crippen molar-refractivity contribution >= 4 is 26.7 Å². The highest BCUT2D eigenvalue weighted by Crippen LogP contribution is 2.41. The zero-order chi connectivity index (χ0) is 25.7. The van der Waals surface area contributed by atoms with E-state index in [-0.39, 0.29) is 21.5 Å². The van der Waals surface area contributed by atoms with Gasteiger partial charge in [-0.1, -0.05) is 48.5 Å². The van der Waals surface area contributed by atoms with Gasteiger partial charge in [0.1, 0.15) is 0 Å². The molecule has 5 rings (SSSR count). The first-order chi connectivity index (χ1) is 17.1. The van der Waals surface area contributed by atoms with E-state index in [2.05, 4.69) is 5.10 Å². The van der Waals surface area contributed by atoms with Crippen LogP contribution in [-0.2, 0) is 23.0 Å². The topological polar surface area (TPSA) is 74.0 Å². The Morgan fingerprint density at radius 2 is 1.58 bits per heavy atom. The molecule has 0 aliphatic rings. The van der Waals surface area contributed by atoms with Gasteiger partial charge in [0.25, 0.3) is 10.0 Å². The minimum absolute atomic E-state index is 0.0237. The summed E-state index contributed by atoms with van der Waals surface area (Å²) in [5.74, 6) is -5.33. The van der Waals surface area contributed by atoms with Gasteiger partial charge in [-0.3, -0.25) is 9.48 Å². The maximum absolute atomic E-state index is 15.9. The summed E-state index contributed by atoms with van der Waals surface area (Å²) in [5, 5.41) is 4.53. The first-order valence-electron chi connectivity index (χ1n) is 11.0. The van der Waals surface area contributed by atoms with Crippen LogP contribution in [0.15, 0.2) is 96.2 Å². The summed E-state index contributed by atoms with van der Waals surface area (Å²) in [6, 6.07) is 19.3. The molecule has 182 valence electrons. The Hall–Kier alpha value is -4.11. The molecular formula is C27H21F2N3O3S. The highest BCUT2D eigenvalue weighted by molar-refractivity contribution is 7.90. The Morgan fingerprint density at radius 3 is 2.19 bits per heavy atom. The van der Waals surface area contributed by atoms with Gasteiger partial charge in [0.2, 0.25) is 5.78 Å². The first-order valence-corrected chi connectivity index (χ1v) is 12.5. The molecular weight excluding hydrogens is 484 g/mol. The van der Waals surface area contributed by atoms with E-state index in [1.807, 2.05) is 0 Å². The van der Waals surface area contributed by atoms with E-state index in [0.29, 0.717) is 16.6 Å². The molecule has 0 amide bonds. The van der Waals surface area contributed by atoms with Gasteiger partial charge in [-0.05, 0) is 42.8 Å². The van der Waals surface area contributed by atoms with Crippen molar-refractivity contribution in [3.63, 3.8) is 0 Å². The zero-order valence-corrected chi connectivity index (χ0v) is 20.2. The molecule has 0 spiro atoms. The van der Waals surface area contributed by atoms with Crippen molar-refractivity contribution in [1.29, 1.82) is 0 Å². The average molecular weight is 506 g/mol. The highest BCUT2D eigenvalue weighted by Gasteiger charge is 2.44. The number of hydrogen-bond acceptors (Lipinski definition) is 4. The van der Waals surface area contributed by atoms with Crippen molar-refractivity contribution in [2.45, 2.75) is 17.7 Å². The third-order valence-corrected chi connectivity index (χ3v) is 7.86. The second-order valence-corrected chi connectivity index (χ2v) is 10.3. The maximum atomic E-state index is 15.9. The van der Waals surface area contributed by atoms with Gasteiger partial charge in [0.15, 0.2) is 0 Å². The standard InChI is InChI=1S/C27H21F2N3O3S/c1-18-13-20-14-23(21-16-30-31(2)17-21)24(27(28,29)26(33)19-9-5-3-6-10-19)15-25(20)32(18)36(34,35)22-11-7-4-8-12-22/h3-17H,1-2H3. The Morgan fingerprint density at radius 1 is 0.944 bits per heavy atom. The molecule has 9 heteroatoms. The van der Waals surface area contributed by atoms with E-state index in [0.717, 1.165) is 10.0 Å². The van der Waals surface area contributed by atoms with Crippen LogP contribution in [0.1, 0.15) is 21.6 Å². The van der Waals surface area contributed by atoms with Gasteiger partial charge in [0.05, 0.1) is 16.6 Å². The molecule has 5 aromatic rings. The lowest BCUT2D eigenvalue weighted by molar-refractivity contribution is 0.00785. The Bertz CT molecular complexity index is 1710. The summed E-state index contributed by atoms with van der Waals surface area (Å²) in [4.78, 5) is 13.0. The van der Waals surface area contributed by atoms with Crippen LogP contribution in [0.2, 0.25) is 0 Å².